The molecule has 0 unspecified atom stereocenters. The Bertz CT molecular complexity index is 598. The van der Waals surface area contributed by atoms with Crippen LogP contribution >= 0.6 is 15.9 Å². The first-order valence-corrected chi connectivity index (χ1v) is 7.12. The van der Waals surface area contributed by atoms with Crippen molar-refractivity contribution in [1.82, 2.24) is 5.43 Å². The highest BCUT2D eigenvalue weighted by Gasteiger charge is 2.18. The second-order valence-corrected chi connectivity index (χ2v) is 5.27. The fraction of sp³-hybridized carbons (Fsp3) is 0.133. The van der Waals surface area contributed by atoms with Gasteiger partial charge in [0.25, 0.3) is 0 Å². The van der Waals surface area contributed by atoms with E-state index < -0.39 is 0 Å². The quantitative estimate of drug-likeness (QED) is 0.934. The normalized spacial score (nSPS) is 13.8. The van der Waals surface area contributed by atoms with Crippen LogP contribution in [0.1, 0.15) is 0 Å². The van der Waals surface area contributed by atoms with Crippen LogP contribution in [-0.2, 0) is 0 Å². The van der Waals surface area contributed by atoms with E-state index in [0.29, 0.717) is 13.3 Å². The molecule has 1 aliphatic rings. The first-order chi connectivity index (χ1) is 9.83. The lowest BCUT2D eigenvalue weighted by atomic mass is 10.3. The standard InChI is InChI=1S/C15H14BrN3O/c16-12-6-8-14(9-7-12)20-10-15-18-17-11-19(15)13-4-2-1-3-5-13/h1-9,17H,10-11H2. The van der Waals surface area contributed by atoms with Gasteiger partial charge in [-0.05, 0) is 36.4 Å². The largest absolute Gasteiger partial charge is 0.486 e. The molecule has 1 N–H and O–H groups in total. The van der Waals surface area contributed by atoms with Crippen molar-refractivity contribution in [3.63, 3.8) is 0 Å². The second kappa shape index (κ2) is 5.96. The van der Waals surface area contributed by atoms with E-state index >= 15 is 0 Å². The van der Waals surface area contributed by atoms with Crippen LogP contribution in [0.25, 0.3) is 0 Å². The molecule has 0 spiro atoms. The minimum Gasteiger partial charge on any atom is -0.486 e. The van der Waals surface area contributed by atoms with Crippen molar-refractivity contribution in [2.45, 2.75) is 0 Å². The van der Waals surface area contributed by atoms with Gasteiger partial charge in [-0.1, -0.05) is 34.1 Å². The third-order valence-electron chi connectivity index (χ3n) is 3.00. The molecule has 0 radical (unpaired) electrons. The molecule has 5 heteroatoms. The summed E-state index contributed by atoms with van der Waals surface area (Å²) in [6.07, 6.45) is 0. The number of halogens is 1. The third kappa shape index (κ3) is 2.93. The molecule has 102 valence electrons. The average Bonchev–Trinajstić information content (AvgIpc) is 2.96. The summed E-state index contributed by atoms with van der Waals surface area (Å²) in [6.45, 7) is 1.10. The van der Waals surface area contributed by atoms with Crippen LogP contribution in [0.5, 0.6) is 5.75 Å². The lowest BCUT2D eigenvalue weighted by Gasteiger charge is -2.19. The van der Waals surface area contributed by atoms with Gasteiger partial charge in [0.15, 0.2) is 5.84 Å². The summed E-state index contributed by atoms with van der Waals surface area (Å²) in [5.74, 6) is 1.70. The zero-order valence-corrected chi connectivity index (χ0v) is 12.4. The van der Waals surface area contributed by atoms with Crippen molar-refractivity contribution in [1.29, 1.82) is 0 Å². The van der Waals surface area contributed by atoms with E-state index in [0.717, 1.165) is 21.7 Å². The van der Waals surface area contributed by atoms with Crippen molar-refractivity contribution < 1.29 is 4.74 Å². The number of hydrogen-bond donors (Lipinski definition) is 1. The molecule has 20 heavy (non-hydrogen) atoms. The van der Waals surface area contributed by atoms with Crippen molar-refractivity contribution in [2.75, 3.05) is 18.2 Å². The fourth-order valence-electron chi connectivity index (χ4n) is 1.99. The second-order valence-electron chi connectivity index (χ2n) is 4.35. The number of hydrazone groups is 1. The number of para-hydroxylation sites is 1. The fourth-order valence-corrected chi connectivity index (χ4v) is 2.25. The Hall–Kier alpha value is -2.01. The van der Waals surface area contributed by atoms with Crippen LogP contribution in [0.3, 0.4) is 0 Å². The molecule has 1 aliphatic heterocycles. The Morgan fingerprint density at radius 2 is 1.85 bits per heavy atom. The van der Waals surface area contributed by atoms with Crippen LogP contribution < -0.4 is 15.1 Å². The zero-order valence-electron chi connectivity index (χ0n) is 10.8. The van der Waals surface area contributed by atoms with E-state index in [1.54, 1.807) is 0 Å². The Morgan fingerprint density at radius 3 is 2.60 bits per heavy atom. The summed E-state index contributed by atoms with van der Waals surface area (Å²) in [5, 5.41) is 4.28. The summed E-state index contributed by atoms with van der Waals surface area (Å²) in [4.78, 5) is 2.10. The van der Waals surface area contributed by atoms with Gasteiger partial charge in [-0.15, -0.1) is 0 Å². The highest BCUT2D eigenvalue weighted by atomic mass is 79.9. The average molecular weight is 332 g/mol. The Balaban J connectivity index is 1.66. The first-order valence-electron chi connectivity index (χ1n) is 6.33. The van der Waals surface area contributed by atoms with Gasteiger partial charge in [-0.3, -0.25) is 5.43 Å². The van der Waals surface area contributed by atoms with Crippen molar-refractivity contribution >= 4 is 27.5 Å². The summed E-state index contributed by atoms with van der Waals surface area (Å²) in [7, 11) is 0. The first kappa shape index (κ1) is 13.0. The molecular formula is C15H14BrN3O. The molecule has 0 aliphatic carbocycles. The summed E-state index contributed by atoms with van der Waals surface area (Å²) >= 11 is 3.41. The van der Waals surface area contributed by atoms with Crippen LogP contribution in [0.4, 0.5) is 5.69 Å². The molecule has 0 saturated heterocycles. The van der Waals surface area contributed by atoms with Crippen molar-refractivity contribution in [2.24, 2.45) is 5.10 Å². The molecule has 2 aromatic rings. The van der Waals surface area contributed by atoms with E-state index in [-0.39, 0.29) is 0 Å². The van der Waals surface area contributed by atoms with E-state index in [9.17, 15) is 0 Å². The van der Waals surface area contributed by atoms with Crippen molar-refractivity contribution in [3.05, 3.63) is 59.1 Å². The van der Waals surface area contributed by atoms with Crippen LogP contribution in [0.15, 0.2) is 64.2 Å². The molecule has 0 aromatic heterocycles. The number of benzene rings is 2. The molecular weight excluding hydrogens is 318 g/mol. The maximum Gasteiger partial charge on any atom is 0.168 e. The summed E-state index contributed by atoms with van der Waals surface area (Å²) in [6, 6.07) is 17.9. The van der Waals surface area contributed by atoms with Crippen LogP contribution in [0, 0.1) is 0 Å². The smallest absolute Gasteiger partial charge is 0.168 e. The lowest BCUT2D eigenvalue weighted by molar-refractivity contribution is 0.375. The number of nitrogens with one attached hydrogen (secondary N) is 1. The lowest BCUT2D eigenvalue weighted by Crippen LogP contribution is -2.32. The third-order valence-corrected chi connectivity index (χ3v) is 3.53. The summed E-state index contributed by atoms with van der Waals surface area (Å²) < 4.78 is 6.80. The number of anilines is 1. The minimum atomic E-state index is 0.434. The van der Waals surface area contributed by atoms with Gasteiger partial charge >= 0.3 is 0 Å². The minimum absolute atomic E-state index is 0.434. The van der Waals surface area contributed by atoms with Gasteiger partial charge in [0.2, 0.25) is 0 Å². The Labute approximate surface area is 126 Å². The van der Waals surface area contributed by atoms with Gasteiger partial charge in [0.1, 0.15) is 19.0 Å². The molecule has 2 aromatic carbocycles. The molecule has 4 nitrogen and oxygen atoms in total. The highest BCUT2D eigenvalue weighted by Crippen LogP contribution is 2.18. The number of hydrogen-bond acceptors (Lipinski definition) is 4. The van der Waals surface area contributed by atoms with Gasteiger partial charge in [0, 0.05) is 10.2 Å². The van der Waals surface area contributed by atoms with Gasteiger partial charge in [0.05, 0.1) is 0 Å². The topological polar surface area (TPSA) is 36.9 Å². The number of nitrogens with zero attached hydrogens (tertiary/aromatic N) is 2. The molecule has 0 bridgehead atoms. The van der Waals surface area contributed by atoms with Gasteiger partial charge < -0.3 is 9.64 Å². The predicted molar refractivity (Wildman–Crippen MR) is 84.0 cm³/mol. The molecule has 0 saturated carbocycles. The maximum absolute atomic E-state index is 5.76. The molecule has 0 fully saturated rings. The Kier molecular flexibility index (Phi) is 3.87. The number of amidine groups is 1. The monoisotopic (exact) mass is 331 g/mol. The van der Waals surface area contributed by atoms with E-state index in [4.69, 9.17) is 4.74 Å². The zero-order chi connectivity index (χ0) is 13.8. The highest BCUT2D eigenvalue weighted by molar-refractivity contribution is 9.10. The molecule has 0 amide bonds. The number of ether oxygens (including phenoxy) is 1. The maximum atomic E-state index is 5.76. The van der Waals surface area contributed by atoms with Crippen LogP contribution in [-0.4, -0.2) is 19.1 Å². The summed E-state index contributed by atoms with van der Waals surface area (Å²) in [5.41, 5.74) is 4.10. The van der Waals surface area contributed by atoms with E-state index in [2.05, 4.69) is 43.5 Å². The SMILES string of the molecule is Brc1ccc(OCC2=NNCN2c2ccccc2)cc1. The Morgan fingerprint density at radius 1 is 1.10 bits per heavy atom. The van der Waals surface area contributed by atoms with Gasteiger partial charge in [-0.2, -0.15) is 5.10 Å². The predicted octanol–water partition coefficient (Wildman–Crippen LogP) is 3.21. The molecule has 1 heterocycles. The number of rotatable bonds is 4. The van der Waals surface area contributed by atoms with E-state index in [1.807, 2.05) is 42.5 Å². The molecule has 3 rings (SSSR count). The van der Waals surface area contributed by atoms with Gasteiger partial charge in [-0.25, -0.2) is 0 Å². The van der Waals surface area contributed by atoms with E-state index in [1.165, 1.54) is 0 Å². The van der Waals surface area contributed by atoms with Crippen molar-refractivity contribution in [3.8, 4) is 5.75 Å². The van der Waals surface area contributed by atoms with Crippen LogP contribution in [0.2, 0.25) is 0 Å². The molecule has 0 atom stereocenters.